The number of amidine groups is 1. The maximum atomic E-state index is 12.6. The maximum Gasteiger partial charge on any atom is 0.115 e. The van der Waals surface area contributed by atoms with Gasteiger partial charge in [0.15, 0.2) is 0 Å². The van der Waals surface area contributed by atoms with E-state index >= 15 is 0 Å². The smallest absolute Gasteiger partial charge is 0.115 e. The normalized spacial score (nSPS) is 16.1. The van der Waals surface area contributed by atoms with Crippen LogP contribution in [-0.4, -0.2) is 36.9 Å². The fraction of sp³-hybridized carbons (Fsp3) is 0.462. The number of benzene rings is 1. The van der Waals surface area contributed by atoms with Crippen LogP contribution in [0.15, 0.2) is 24.3 Å². The molecular weight excluding hydrogens is 217 g/mol. The van der Waals surface area contributed by atoms with Crippen LogP contribution in [0.5, 0.6) is 0 Å². The summed E-state index contributed by atoms with van der Waals surface area (Å²) in [6.45, 7) is 4.94. The Balaban J connectivity index is 2.02. The molecule has 1 heterocycles. The first-order valence-electron chi connectivity index (χ1n) is 5.90. The lowest BCUT2D eigenvalue weighted by atomic mass is 10.2. The van der Waals surface area contributed by atoms with Crippen LogP contribution in [0.4, 0.5) is 10.1 Å². The van der Waals surface area contributed by atoms with E-state index in [0.29, 0.717) is 5.84 Å². The lowest BCUT2D eigenvalue weighted by molar-refractivity contribution is 0.381. The molecule has 0 aromatic heterocycles. The summed E-state index contributed by atoms with van der Waals surface area (Å²) in [6, 6.07) is 7.64. The molecule has 0 unspecified atom stereocenters. The molecule has 0 atom stereocenters. The Hall–Kier alpha value is -1.58. The summed E-state index contributed by atoms with van der Waals surface area (Å²) in [4.78, 5) is 4.31. The highest BCUT2D eigenvalue weighted by atomic mass is 19.1. The van der Waals surface area contributed by atoms with Gasteiger partial charge in [-0.15, -0.1) is 0 Å². The molecule has 1 aliphatic heterocycles. The Morgan fingerprint density at radius 3 is 2.59 bits per heavy atom. The Morgan fingerprint density at radius 2 is 2.00 bits per heavy atom. The monoisotopic (exact) mass is 235 g/mol. The van der Waals surface area contributed by atoms with Gasteiger partial charge >= 0.3 is 0 Å². The number of piperazine rings is 1. The van der Waals surface area contributed by atoms with Crippen LogP contribution in [-0.2, 0) is 6.67 Å². The molecule has 0 spiro atoms. The molecule has 0 radical (unpaired) electrons. The van der Waals surface area contributed by atoms with Gasteiger partial charge in [0.1, 0.15) is 6.67 Å². The summed E-state index contributed by atoms with van der Waals surface area (Å²) >= 11 is 0. The zero-order valence-electron chi connectivity index (χ0n) is 10.1. The second kappa shape index (κ2) is 5.17. The zero-order valence-corrected chi connectivity index (χ0v) is 10.1. The zero-order chi connectivity index (χ0) is 12.3. The highest BCUT2D eigenvalue weighted by Gasteiger charge is 2.17. The Labute approximate surface area is 101 Å². The van der Waals surface area contributed by atoms with E-state index < -0.39 is 6.67 Å². The van der Waals surface area contributed by atoms with Crippen LogP contribution in [0.25, 0.3) is 0 Å². The average Bonchev–Trinajstić information content (AvgIpc) is 2.39. The molecular formula is C13H18FN3. The van der Waals surface area contributed by atoms with Gasteiger partial charge in [0.25, 0.3) is 0 Å². The number of halogens is 1. The predicted molar refractivity (Wildman–Crippen MR) is 68.4 cm³/mol. The first-order chi connectivity index (χ1) is 8.20. The van der Waals surface area contributed by atoms with Crippen molar-refractivity contribution in [2.45, 2.75) is 13.6 Å². The van der Waals surface area contributed by atoms with Crippen molar-refractivity contribution in [3.05, 3.63) is 29.8 Å². The molecule has 1 aromatic carbocycles. The molecule has 0 amide bonds. The summed E-state index contributed by atoms with van der Waals surface area (Å²) in [7, 11) is 0. The van der Waals surface area contributed by atoms with Crippen molar-refractivity contribution in [1.82, 2.24) is 4.90 Å². The molecule has 1 saturated heterocycles. The fourth-order valence-electron chi connectivity index (χ4n) is 2.14. The van der Waals surface area contributed by atoms with E-state index in [1.54, 1.807) is 0 Å². The van der Waals surface area contributed by atoms with Crippen molar-refractivity contribution in [3.63, 3.8) is 0 Å². The van der Waals surface area contributed by atoms with Gasteiger partial charge in [0, 0.05) is 31.9 Å². The van der Waals surface area contributed by atoms with Crippen LogP contribution >= 0.6 is 0 Å². The van der Waals surface area contributed by atoms with Crippen molar-refractivity contribution in [2.75, 3.05) is 31.1 Å². The van der Waals surface area contributed by atoms with Crippen LogP contribution in [0.1, 0.15) is 12.5 Å². The van der Waals surface area contributed by atoms with Gasteiger partial charge in [-0.2, -0.15) is 0 Å². The quantitative estimate of drug-likeness (QED) is 0.629. The summed E-state index contributed by atoms with van der Waals surface area (Å²) in [5.74, 6) is 0.627. The largest absolute Gasteiger partial charge is 0.368 e. The second-order valence-corrected chi connectivity index (χ2v) is 4.36. The van der Waals surface area contributed by atoms with E-state index in [0.717, 1.165) is 37.4 Å². The van der Waals surface area contributed by atoms with Crippen molar-refractivity contribution in [2.24, 2.45) is 0 Å². The fourth-order valence-corrected chi connectivity index (χ4v) is 2.14. The summed E-state index contributed by atoms with van der Waals surface area (Å²) in [6.07, 6.45) is 0. The number of nitrogens with one attached hydrogen (secondary N) is 1. The summed E-state index contributed by atoms with van der Waals surface area (Å²) in [5.41, 5.74) is 1.82. The van der Waals surface area contributed by atoms with Crippen LogP contribution in [0.3, 0.4) is 0 Å². The topological polar surface area (TPSA) is 30.3 Å². The lowest BCUT2D eigenvalue weighted by Gasteiger charge is -2.36. The number of anilines is 1. The molecule has 1 aliphatic rings. The van der Waals surface area contributed by atoms with Crippen molar-refractivity contribution < 1.29 is 4.39 Å². The maximum absolute atomic E-state index is 12.6. The van der Waals surface area contributed by atoms with Crippen LogP contribution in [0.2, 0.25) is 0 Å². The first-order valence-corrected chi connectivity index (χ1v) is 5.90. The number of hydrogen-bond donors (Lipinski definition) is 1. The van der Waals surface area contributed by atoms with E-state index in [9.17, 15) is 4.39 Å². The van der Waals surface area contributed by atoms with E-state index in [2.05, 4.69) is 9.80 Å². The van der Waals surface area contributed by atoms with Gasteiger partial charge in [-0.1, -0.05) is 12.1 Å². The number of nitrogens with zero attached hydrogens (tertiary/aromatic N) is 2. The van der Waals surface area contributed by atoms with E-state index in [-0.39, 0.29) is 0 Å². The number of rotatable bonds is 2. The molecule has 3 nitrogen and oxygen atoms in total. The third-order valence-corrected chi connectivity index (χ3v) is 3.18. The molecule has 0 saturated carbocycles. The Bertz CT molecular complexity index is 397. The molecule has 1 aromatic rings. The van der Waals surface area contributed by atoms with Crippen molar-refractivity contribution >= 4 is 11.5 Å². The third-order valence-electron chi connectivity index (χ3n) is 3.18. The highest BCUT2D eigenvalue weighted by Crippen LogP contribution is 2.18. The second-order valence-electron chi connectivity index (χ2n) is 4.36. The number of alkyl halides is 1. The summed E-state index contributed by atoms with van der Waals surface area (Å²) < 4.78 is 12.6. The van der Waals surface area contributed by atoms with Gasteiger partial charge in [-0.05, 0) is 24.6 Å². The van der Waals surface area contributed by atoms with E-state index in [4.69, 9.17) is 5.41 Å². The highest BCUT2D eigenvalue weighted by molar-refractivity contribution is 5.76. The SMILES string of the molecule is CC(=N)N1CCN(c2cccc(CF)c2)CC1. The van der Waals surface area contributed by atoms with Gasteiger partial charge in [0.2, 0.25) is 0 Å². The first kappa shape index (κ1) is 11.9. The minimum Gasteiger partial charge on any atom is -0.368 e. The van der Waals surface area contributed by atoms with Crippen molar-refractivity contribution in [3.8, 4) is 0 Å². The molecule has 17 heavy (non-hydrogen) atoms. The van der Waals surface area contributed by atoms with E-state index in [1.807, 2.05) is 31.2 Å². The van der Waals surface area contributed by atoms with Gasteiger partial charge in [-0.25, -0.2) is 4.39 Å². The standard InChI is InChI=1S/C13H18FN3/c1-11(15)16-5-7-17(8-6-16)13-4-2-3-12(9-13)10-14/h2-4,9,15H,5-8,10H2,1H3. The molecule has 0 bridgehead atoms. The predicted octanol–water partition coefficient (Wildman–Crippen LogP) is 2.28. The van der Waals surface area contributed by atoms with E-state index in [1.165, 1.54) is 0 Å². The molecule has 1 fully saturated rings. The molecule has 0 aliphatic carbocycles. The minimum absolute atomic E-state index is 0.409. The Kier molecular flexibility index (Phi) is 3.61. The lowest BCUT2D eigenvalue weighted by Crippen LogP contribution is -2.47. The van der Waals surface area contributed by atoms with Gasteiger partial charge in [0.05, 0.1) is 5.84 Å². The molecule has 1 N–H and O–H groups in total. The van der Waals surface area contributed by atoms with Gasteiger partial charge < -0.3 is 9.80 Å². The summed E-state index contributed by atoms with van der Waals surface area (Å²) in [5, 5.41) is 7.58. The number of hydrogen-bond acceptors (Lipinski definition) is 2. The van der Waals surface area contributed by atoms with Crippen LogP contribution in [0, 0.1) is 5.41 Å². The molecule has 92 valence electrons. The average molecular weight is 235 g/mol. The third kappa shape index (κ3) is 2.75. The van der Waals surface area contributed by atoms with Crippen LogP contribution < -0.4 is 4.90 Å². The van der Waals surface area contributed by atoms with Crippen molar-refractivity contribution in [1.29, 1.82) is 5.41 Å². The molecule has 4 heteroatoms. The molecule has 2 rings (SSSR count). The minimum atomic E-state index is -0.409. The van der Waals surface area contributed by atoms with Gasteiger partial charge in [-0.3, -0.25) is 5.41 Å². The Morgan fingerprint density at radius 1 is 1.29 bits per heavy atom.